The first-order chi connectivity index (χ1) is 14.5. The standard InChI is InChI=1S/C28H28O2/c1-27(29-3)23-5-6-24(27)20-12-16-10-18-14-22-21(13-17(18)9-15(16)11-19(20)23)25-7-8-26(22)28(25,2)30-4/h5-8,11-14,23-26H,9-10H2,1-4H3. The smallest absolute Gasteiger partial charge is 0.0856 e. The molecular weight excluding hydrogens is 368 g/mol. The fourth-order valence-electron chi connectivity index (χ4n) is 7.35. The van der Waals surface area contributed by atoms with Crippen molar-refractivity contribution in [2.45, 2.75) is 61.6 Å². The van der Waals surface area contributed by atoms with Gasteiger partial charge in [-0.25, -0.2) is 0 Å². The van der Waals surface area contributed by atoms with Crippen molar-refractivity contribution in [1.82, 2.24) is 0 Å². The monoisotopic (exact) mass is 396 g/mol. The third kappa shape index (κ3) is 1.81. The molecule has 0 amide bonds. The maximum Gasteiger partial charge on any atom is 0.0856 e. The van der Waals surface area contributed by atoms with Crippen molar-refractivity contribution in [2.75, 3.05) is 14.2 Å². The quantitative estimate of drug-likeness (QED) is 0.533. The van der Waals surface area contributed by atoms with Gasteiger partial charge >= 0.3 is 0 Å². The Labute approximate surface area is 178 Å². The summed E-state index contributed by atoms with van der Waals surface area (Å²) in [6.07, 6.45) is 11.5. The Morgan fingerprint density at radius 2 is 0.833 bits per heavy atom. The first-order valence-corrected chi connectivity index (χ1v) is 11.3. The van der Waals surface area contributed by atoms with Crippen molar-refractivity contribution in [3.63, 3.8) is 0 Å². The normalized spacial score (nSPS) is 38.0. The molecule has 4 atom stereocenters. The minimum absolute atomic E-state index is 0.115. The number of hydrogen-bond acceptors (Lipinski definition) is 2. The first-order valence-electron chi connectivity index (χ1n) is 11.3. The van der Waals surface area contributed by atoms with Crippen LogP contribution < -0.4 is 0 Å². The summed E-state index contributed by atoms with van der Waals surface area (Å²) in [5, 5.41) is 0. The second-order valence-corrected chi connectivity index (χ2v) is 10.3. The lowest BCUT2D eigenvalue weighted by Gasteiger charge is -2.28. The molecule has 2 aromatic carbocycles. The summed E-state index contributed by atoms with van der Waals surface area (Å²) in [4.78, 5) is 0. The van der Waals surface area contributed by atoms with Crippen molar-refractivity contribution in [3.8, 4) is 0 Å². The average molecular weight is 397 g/mol. The Hall–Kier alpha value is -2.16. The van der Waals surface area contributed by atoms with Crippen molar-refractivity contribution in [3.05, 3.63) is 93.1 Å². The van der Waals surface area contributed by atoms with Crippen LogP contribution in [0.1, 0.15) is 82.0 Å². The number of fused-ring (bicyclic) bond motifs is 12. The van der Waals surface area contributed by atoms with Crippen LogP contribution >= 0.6 is 0 Å². The van der Waals surface area contributed by atoms with E-state index < -0.39 is 0 Å². The molecule has 0 radical (unpaired) electrons. The van der Waals surface area contributed by atoms with E-state index in [1.54, 1.807) is 0 Å². The van der Waals surface area contributed by atoms with Gasteiger partial charge in [0.2, 0.25) is 0 Å². The predicted molar refractivity (Wildman–Crippen MR) is 119 cm³/mol. The van der Waals surface area contributed by atoms with Crippen LogP contribution in [0, 0.1) is 0 Å². The van der Waals surface area contributed by atoms with Gasteiger partial charge in [0.25, 0.3) is 0 Å². The number of hydrogen-bond donors (Lipinski definition) is 0. The molecule has 30 heavy (non-hydrogen) atoms. The molecule has 7 rings (SSSR count). The SMILES string of the molecule is COC1(C)C2C=CC1c1cc3c(cc12)Cc1cc2c(cc1C3)C1C=CC2C1(C)OC. The molecule has 0 saturated carbocycles. The van der Waals surface area contributed by atoms with Crippen molar-refractivity contribution in [2.24, 2.45) is 0 Å². The molecule has 5 aliphatic carbocycles. The lowest BCUT2D eigenvalue weighted by Crippen LogP contribution is -2.31. The van der Waals surface area contributed by atoms with E-state index in [1.165, 1.54) is 44.5 Å². The lowest BCUT2D eigenvalue weighted by molar-refractivity contribution is -0.000525. The molecule has 0 aliphatic heterocycles. The number of methoxy groups -OCH3 is 2. The topological polar surface area (TPSA) is 18.5 Å². The largest absolute Gasteiger partial charge is 0.377 e. The second-order valence-electron chi connectivity index (χ2n) is 10.3. The van der Waals surface area contributed by atoms with E-state index in [4.69, 9.17) is 9.47 Å². The van der Waals surface area contributed by atoms with Crippen molar-refractivity contribution >= 4 is 0 Å². The zero-order valence-corrected chi connectivity index (χ0v) is 18.2. The average Bonchev–Trinajstić information content (AvgIpc) is 3.41. The molecule has 4 unspecified atom stereocenters. The van der Waals surface area contributed by atoms with Crippen molar-refractivity contribution in [1.29, 1.82) is 0 Å². The van der Waals surface area contributed by atoms with E-state index in [9.17, 15) is 0 Å². The summed E-state index contributed by atoms with van der Waals surface area (Å²) in [5.41, 5.74) is 11.8. The Balaban J connectivity index is 1.32. The molecule has 0 heterocycles. The second kappa shape index (κ2) is 5.36. The molecule has 0 N–H and O–H groups in total. The van der Waals surface area contributed by atoms with Gasteiger partial charge in [-0.1, -0.05) is 48.6 Å². The van der Waals surface area contributed by atoms with E-state index in [0.29, 0.717) is 23.7 Å². The van der Waals surface area contributed by atoms with Gasteiger partial charge in [-0.05, 0) is 71.2 Å². The molecule has 5 aliphatic rings. The third-order valence-corrected chi connectivity index (χ3v) is 9.25. The highest BCUT2D eigenvalue weighted by molar-refractivity contribution is 5.62. The Morgan fingerprint density at radius 1 is 0.567 bits per heavy atom. The van der Waals surface area contributed by atoms with Crippen LogP contribution in [0.25, 0.3) is 0 Å². The highest BCUT2D eigenvalue weighted by Crippen LogP contribution is 2.59. The molecule has 2 aromatic rings. The van der Waals surface area contributed by atoms with Gasteiger partial charge in [0.1, 0.15) is 0 Å². The fraction of sp³-hybridized carbons (Fsp3) is 0.429. The zero-order chi connectivity index (χ0) is 20.4. The van der Waals surface area contributed by atoms with Crippen LogP contribution in [0.4, 0.5) is 0 Å². The summed E-state index contributed by atoms with van der Waals surface area (Å²) in [6, 6.07) is 9.99. The highest BCUT2D eigenvalue weighted by atomic mass is 16.5. The summed E-state index contributed by atoms with van der Waals surface area (Å²) in [6.45, 7) is 4.55. The van der Waals surface area contributed by atoms with E-state index in [2.05, 4.69) is 62.4 Å². The maximum absolute atomic E-state index is 6.03. The minimum atomic E-state index is -0.115. The fourth-order valence-corrected chi connectivity index (χ4v) is 7.35. The summed E-state index contributed by atoms with van der Waals surface area (Å²) in [5.74, 6) is 1.55. The van der Waals surface area contributed by atoms with Gasteiger partial charge in [0.15, 0.2) is 0 Å². The summed E-state index contributed by atoms with van der Waals surface area (Å²) >= 11 is 0. The molecule has 0 spiro atoms. The maximum atomic E-state index is 6.03. The van der Waals surface area contributed by atoms with Crippen LogP contribution in [0.3, 0.4) is 0 Å². The molecule has 2 nitrogen and oxygen atoms in total. The predicted octanol–water partition coefficient (Wildman–Crippen LogP) is 5.49. The van der Waals surface area contributed by atoms with Crippen molar-refractivity contribution < 1.29 is 9.47 Å². The van der Waals surface area contributed by atoms with Crippen LogP contribution in [-0.4, -0.2) is 25.4 Å². The Bertz CT molecular complexity index is 1010. The van der Waals surface area contributed by atoms with Gasteiger partial charge in [-0.3, -0.25) is 0 Å². The van der Waals surface area contributed by atoms with E-state index in [0.717, 1.165) is 12.8 Å². The van der Waals surface area contributed by atoms with Gasteiger partial charge in [-0.15, -0.1) is 0 Å². The van der Waals surface area contributed by atoms with Crippen LogP contribution in [0.2, 0.25) is 0 Å². The summed E-state index contributed by atoms with van der Waals surface area (Å²) in [7, 11) is 3.73. The number of benzene rings is 2. The molecule has 0 aromatic heterocycles. The lowest BCUT2D eigenvalue weighted by atomic mass is 9.80. The van der Waals surface area contributed by atoms with Gasteiger partial charge in [0, 0.05) is 37.9 Å². The first kappa shape index (κ1) is 17.5. The Morgan fingerprint density at radius 3 is 1.07 bits per heavy atom. The number of ether oxygens (including phenoxy) is 2. The highest BCUT2D eigenvalue weighted by Gasteiger charge is 2.53. The van der Waals surface area contributed by atoms with Gasteiger partial charge < -0.3 is 9.47 Å². The van der Waals surface area contributed by atoms with E-state index in [1.807, 2.05) is 14.2 Å². The molecular formula is C28H28O2. The Kier molecular flexibility index (Phi) is 3.13. The third-order valence-electron chi connectivity index (χ3n) is 9.25. The summed E-state index contributed by atoms with van der Waals surface area (Å²) < 4.78 is 12.1. The van der Waals surface area contributed by atoms with Gasteiger partial charge in [0.05, 0.1) is 11.2 Å². The van der Waals surface area contributed by atoms with E-state index in [-0.39, 0.29) is 11.2 Å². The zero-order valence-electron chi connectivity index (χ0n) is 18.2. The van der Waals surface area contributed by atoms with Crippen LogP contribution in [0.15, 0.2) is 48.6 Å². The van der Waals surface area contributed by atoms with Crippen LogP contribution in [0.5, 0.6) is 0 Å². The molecule has 4 bridgehead atoms. The number of rotatable bonds is 2. The molecule has 152 valence electrons. The van der Waals surface area contributed by atoms with Crippen LogP contribution in [-0.2, 0) is 22.3 Å². The minimum Gasteiger partial charge on any atom is -0.377 e. The van der Waals surface area contributed by atoms with Gasteiger partial charge in [-0.2, -0.15) is 0 Å². The molecule has 0 saturated heterocycles. The van der Waals surface area contributed by atoms with E-state index >= 15 is 0 Å². The molecule has 2 heteroatoms. The molecule has 0 fully saturated rings.